The van der Waals surface area contributed by atoms with Crippen LogP contribution in [0.15, 0.2) is 33.5 Å². The van der Waals surface area contributed by atoms with E-state index < -0.39 is 0 Å². The van der Waals surface area contributed by atoms with Crippen molar-refractivity contribution in [2.24, 2.45) is 0 Å². The number of fused-ring (bicyclic) bond motifs is 1. The maximum Gasteiger partial charge on any atom is 0.256 e. The molecule has 94 valence electrons. The average molecular weight is 266 g/mol. The van der Waals surface area contributed by atoms with Crippen LogP contribution in [-0.2, 0) is 6.42 Å². The van der Waals surface area contributed by atoms with Crippen LogP contribution in [-0.4, -0.2) is 5.91 Å². The molecule has 18 heavy (non-hydrogen) atoms. The number of carbonyl (C=O) groups is 1. The monoisotopic (exact) mass is 265 g/mol. The highest BCUT2D eigenvalue weighted by Gasteiger charge is 2.25. The third-order valence-corrected chi connectivity index (χ3v) is 3.51. The van der Waals surface area contributed by atoms with Gasteiger partial charge >= 0.3 is 0 Å². The van der Waals surface area contributed by atoms with Gasteiger partial charge in [-0.15, -0.1) is 0 Å². The lowest BCUT2D eigenvalue weighted by molar-refractivity contribution is 0.0932. The number of nitrogens with one attached hydrogen (secondary N) is 1. The molecule has 0 fully saturated rings. The summed E-state index contributed by atoms with van der Waals surface area (Å²) in [6, 6.07) is 3.47. The minimum atomic E-state index is -0.215. The molecule has 4 nitrogen and oxygen atoms in total. The number of hydrogen-bond donors (Lipinski definition) is 1. The Morgan fingerprint density at radius 2 is 2.17 bits per heavy atom. The van der Waals surface area contributed by atoms with E-state index >= 15 is 0 Å². The minimum absolute atomic E-state index is 0.00836. The first-order chi connectivity index (χ1) is 8.75. The van der Waals surface area contributed by atoms with E-state index in [2.05, 4.69) is 5.32 Å². The molecular weight excluding hydrogens is 254 g/mol. The lowest BCUT2D eigenvalue weighted by Crippen LogP contribution is -2.30. The molecule has 1 atom stereocenters. The first-order valence-electron chi connectivity index (χ1n) is 5.86. The molecule has 0 saturated carbocycles. The lowest BCUT2D eigenvalue weighted by atomic mass is 9.93. The topological polar surface area (TPSA) is 55.4 Å². The fraction of sp³-hybridized carbons (Fsp3) is 0.308. The number of aryl methyl sites for hydroxylation is 1. The van der Waals surface area contributed by atoms with Crippen LogP contribution in [0, 0.1) is 0 Å². The predicted octanol–water partition coefficient (Wildman–Crippen LogP) is 3.33. The molecule has 0 bridgehead atoms. The molecule has 1 amide bonds. The Morgan fingerprint density at radius 1 is 1.33 bits per heavy atom. The van der Waals surface area contributed by atoms with Gasteiger partial charge in [-0.3, -0.25) is 4.79 Å². The highest BCUT2D eigenvalue weighted by Crippen LogP contribution is 2.31. The molecule has 1 aliphatic carbocycles. The Balaban J connectivity index is 1.79. The molecule has 2 aromatic heterocycles. The predicted molar refractivity (Wildman–Crippen MR) is 65.6 cm³/mol. The van der Waals surface area contributed by atoms with Gasteiger partial charge in [0.25, 0.3) is 5.91 Å². The lowest BCUT2D eigenvalue weighted by Gasteiger charge is -2.22. The molecule has 5 heteroatoms. The summed E-state index contributed by atoms with van der Waals surface area (Å²) < 4.78 is 10.3. The van der Waals surface area contributed by atoms with Gasteiger partial charge in [0.2, 0.25) is 5.22 Å². The second-order valence-electron chi connectivity index (χ2n) is 4.33. The standard InChI is InChI=1S/C13H12ClNO3/c14-12-9(5-7-18-12)13(16)15-10-2-1-3-11-8(10)4-6-17-11/h4-7,10H,1-3H2,(H,15,16). The van der Waals surface area contributed by atoms with Gasteiger partial charge in [0.05, 0.1) is 24.1 Å². The van der Waals surface area contributed by atoms with Crippen LogP contribution in [0.25, 0.3) is 0 Å². The van der Waals surface area contributed by atoms with Crippen LogP contribution in [0.2, 0.25) is 5.22 Å². The fourth-order valence-electron chi connectivity index (χ4n) is 2.33. The van der Waals surface area contributed by atoms with Crippen molar-refractivity contribution in [3.63, 3.8) is 0 Å². The second-order valence-corrected chi connectivity index (χ2v) is 4.67. The molecule has 0 aromatic carbocycles. The summed E-state index contributed by atoms with van der Waals surface area (Å²) in [6.45, 7) is 0. The van der Waals surface area contributed by atoms with Crippen molar-refractivity contribution in [1.29, 1.82) is 0 Å². The van der Waals surface area contributed by atoms with E-state index in [1.807, 2.05) is 6.07 Å². The number of halogens is 1. The van der Waals surface area contributed by atoms with Crippen molar-refractivity contribution < 1.29 is 13.6 Å². The van der Waals surface area contributed by atoms with Crippen LogP contribution in [0.1, 0.15) is 40.6 Å². The first-order valence-corrected chi connectivity index (χ1v) is 6.23. The normalized spacial score (nSPS) is 18.4. The summed E-state index contributed by atoms with van der Waals surface area (Å²) >= 11 is 5.79. The van der Waals surface area contributed by atoms with Gasteiger partial charge in [-0.2, -0.15) is 0 Å². The molecule has 0 saturated heterocycles. The van der Waals surface area contributed by atoms with Crippen molar-refractivity contribution in [2.75, 3.05) is 0 Å². The second kappa shape index (κ2) is 4.53. The molecule has 1 unspecified atom stereocenters. The molecule has 2 aromatic rings. The van der Waals surface area contributed by atoms with E-state index in [4.69, 9.17) is 20.4 Å². The maximum absolute atomic E-state index is 12.0. The van der Waals surface area contributed by atoms with E-state index in [-0.39, 0.29) is 17.2 Å². The minimum Gasteiger partial charge on any atom is -0.469 e. The summed E-state index contributed by atoms with van der Waals surface area (Å²) in [5.74, 6) is 0.748. The highest BCUT2D eigenvalue weighted by molar-refractivity contribution is 6.32. The summed E-state index contributed by atoms with van der Waals surface area (Å²) in [7, 11) is 0. The van der Waals surface area contributed by atoms with Crippen LogP contribution in [0.3, 0.4) is 0 Å². The number of furan rings is 2. The Morgan fingerprint density at radius 3 is 2.94 bits per heavy atom. The SMILES string of the molecule is O=C(NC1CCCc2occc21)c1ccoc1Cl. The first kappa shape index (κ1) is 11.4. The molecule has 0 spiro atoms. The quantitative estimate of drug-likeness (QED) is 0.906. The van der Waals surface area contributed by atoms with E-state index in [1.54, 1.807) is 12.3 Å². The van der Waals surface area contributed by atoms with E-state index in [9.17, 15) is 4.79 Å². The molecule has 1 N–H and O–H groups in total. The zero-order chi connectivity index (χ0) is 12.5. The summed E-state index contributed by atoms with van der Waals surface area (Å²) in [5.41, 5.74) is 1.43. The van der Waals surface area contributed by atoms with Crippen LogP contribution >= 0.6 is 11.6 Å². The average Bonchev–Trinajstić information content (AvgIpc) is 2.97. The zero-order valence-corrected chi connectivity index (χ0v) is 10.4. The molecular formula is C13H12ClNO3. The zero-order valence-electron chi connectivity index (χ0n) is 9.61. The number of carbonyl (C=O) groups excluding carboxylic acids is 1. The highest BCUT2D eigenvalue weighted by atomic mass is 35.5. The molecule has 1 aliphatic rings. The van der Waals surface area contributed by atoms with Crippen LogP contribution < -0.4 is 5.32 Å². The van der Waals surface area contributed by atoms with Crippen LogP contribution in [0.5, 0.6) is 0 Å². The van der Waals surface area contributed by atoms with E-state index in [0.29, 0.717) is 5.56 Å². The Hall–Kier alpha value is -1.68. The smallest absolute Gasteiger partial charge is 0.256 e. The van der Waals surface area contributed by atoms with Crippen molar-refractivity contribution in [1.82, 2.24) is 5.32 Å². The van der Waals surface area contributed by atoms with E-state index in [0.717, 1.165) is 30.6 Å². The summed E-state index contributed by atoms with van der Waals surface area (Å²) in [5, 5.41) is 3.08. The molecule has 3 rings (SSSR count). The van der Waals surface area contributed by atoms with Gasteiger partial charge < -0.3 is 14.2 Å². The van der Waals surface area contributed by atoms with Crippen molar-refractivity contribution >= 4 is 17.5 Å². The Labute approximate surface area is 109 Å². The van der Waals surface area contributed by atoms with Gasteiger partial charge in [-0.1, -0.05) is 0 Å². The Kier molecular flexibility index (Phi) is 2.88. The number of rotatable bonds is 2. The van der Waals surface area contributed by atoms with Crippen molar-refractivity contribution in [3.8, 4) is 0 Å². The van der Waals surface area contributed by atoms with Gasteiger partial charge in [0.1, 0.15) is 5.76 Å². The maximum atomic E-state index is 12.0. The Bertz CT molecular complexity index is 572. The number of hydrogen-bond acceptors (Lipinski definition) is 3. The van der Waals surface area contributed by atoms with Gasteiger partial charge in [0.15, 0.2) is 0 Å². The van der Waals surface area contributed by atoms with Gasteiger partial charge in [-0.25, -0.2) is 0 Å². The largest absolute Gasteiger partial charge is 0.469 e. The van der Waals surface area contributed by atoms with Crippen molar-refractivity contribution in [2.45, 2.75) is 25.3 Å². The summed E-state index contributed by atoms with van der Waals surface area (Å²) in [6.07, 6.45) is 5.92. The van der Waals surface area contributed by atoms with Gasteiger partial charge in [0, 0.05) is 12.0 Å². The number of amides is 1. The fourth-order valence-corrected chi connectivity index (χ4v) is 2.53. The third kappa shape index (κ3) is 1.93. The third-order valence-electron chi connectivity index (χ3n) is 3.22. The molecule has 2 heterocycles. The molecule has 0 radical (unpaired) electrons. The summed E-state index contributed by atoms with van der Waals surface area (Å²) in [4.78, 5) is 12.0. The van der Waals surface area contributed by atoms with E-state index in [1.165, 1.54) is 6.26 Å². The van der Waals surface area contributed by atoms with Gasteiger partial charge in [-0.05, 0) is 36.6 Å². The van der Waals surface area contributed by atoms with Crippen molar-refractivity contribution in [3.05, 3.63) is 46.8 Å². The van der Waals surface area contributed by atoms with Crippen LogP contribution in [0.4, 0.5) is 0 Å². The molecule has 0 aliphatic heterocycles.